The molecule has 2 aromatic rings. The highest BCUT2D eigenvalue weighted by Gasteiger charge is 2.42. The summed E-state index contributed by atoms with van der Waals surface area (Å²) in [6.07, 6.45) is 22.9. The Morgan fingerprint density at radius 2 is 1.49 bits per heavy atom. The predicted molar refractivity (Wildman–Crippen MR) is 172 cm³/mol. The molecule has 3 rings (SSSR count). The third-order valence-corrected chi connectivity index (χ3v) is 8.98. The summed E-state index contributed by atoms with van der Waals surface area (Å²) in [4.78, 5) is 32.3. The second kappa shape index (κ2) is 17.6. The van der Waals surface area contributed by atoms with Gasteiger partial charge in [-0.25, -0.2) is 0 Å². The summed E-state index contributed by atoms with van der Waals surface area (Å²) in [5, 5.41) is 4.33. The number of unbranched alkanes of at least 4 members (excludes halogenated alkanes) is 13. The smallest absolute Gasteiger partial charge is 0.281 e. The fourth-order valence-corrected chi connectivity index (χ4v) is 6.34. The first-order chi connectivity index (χ1) is 19.8. The van der Waals surface area contributed by atoms with Gasteiger partial charge >= 0.3 is 0 Å². The minimum Gasteiger partial charge on any atom is -0.361 e. The molecule has 2 atom stereocenters. The van der Waals surface area contributed by atoms with Gasteiger partial charge in [0.15, 0.2) is 6.04 Å². The molecule has 230 valence electrons. The van der Waals surface area contributed by atoms with E-state index in [1.165, 1.54) is 88.9 Å². The standard InChI is InChI=1S/C35H58N4O2/c1-5-6-7-8-9-10-11-12-13-14-15-16-17-20-25-36-34(40)32-24-21-26-38(32)35(41)33(39(2,3)4)27-29-28-37-31-23-19-18-22-30(29)31/h18-19,22-23,28,32-33,37H,5-17,20-21,24-27H2,1-4H3/p+1/t32-,33?/m0/s1. The van der Waals surface area contributed by atoms with E-state index in [4.69, 9.17) is 0 Å². The maximum Gasteiger partial charge on any atom is 0.281 e. The summed E-state index contributed by atoms with van der Waals surface area (Å²) >= 11 is 0. The van der Waals surface area contributed by atoms with Crippen LogP contribution in [0.1, 0.15) is 115 Å². The molecule has 0 radical (unpaired) electrons. The van der Waals surface area contributed by atoms with Gasteiger partial charge in [0.05, 0.1) is 21.1 Å². The van der Waals surface area contributed by atoms with Crippen LogP contribution in [0, 0.1) is 0 Å². The molecule has 1 aromatic heterocycles. The molecule has 2 heterocycles. The zero-order valence-corrected chi connectivity index (χ0v) is 26.7. The van der Waals surface area contributed by atoms with Crippen molar-refractivity contribution in [1.82, 2.24) is 15.2 Å². The highest BCUT2D eigenvalue weighted by Crippen LogP contribution is 2.26. The van der Waals surface area contributed by atoms with Crippen LogP contribution in [0.5, 0.6) is 0 Å². The Balaban J connectivity index is 1.34. The average Bonchev–Trinajstić information content (AvgIpc) is 3.60. The summed E-state index contributed by atoms with van der Waals surface area (Å²) in [5.74, 6) is 0.120. The molecular weight excluding hydrogens is 508 g/mol. The second-order valence-electron chi connectivity index (χ2n) is 13.3. The number of carbonyl (C=O) groups excluding carboxylic acids is 2. The number of benzene rings is 1. The Hall–Kier alpha value is -2.34. The number of nitrogens with zero attached hydrogens (tertiary/aromatic N) is 2. The number of aromatic nitrogens is 1. The number of amides is 2. The molecule has 6 nitrogen and oxygen atoms in total. The van der Waals surface area contributed by atoms with Gasteiger partial charge in [0.25, 0.3) is 5.91 Å². The van der Waals surface area contributed by atoms with Crippen molar-refractivity contribution in [2.75, 3.05) is 34.2 Å². The molecule has 1 aliphatic heterocycles. The van der Waals surface area contributed by atoms with Crippen LogP contribution in [0.4, 0.5) is 0 Å². The van der Waals surface area contributed by atoms with E-state index in [1.54, 1.807) is 0 Å². The van der Waals surface area contributed by atoms with Crippen LogP contribution in [-0.4, -0.2) is 72.5 Å². The van der Waals surface area contributed by atoms with Gasteiger partial charge in [-0.3, -0.25) is 9.59 Å². The molecule has 6 heteroatoms. The predicted octanol–water partition coefficient (Wildman–Crippen LogP) is 7.37. The molecule has 1 aromatic carbocycles. The summed E-state index contributed by atoms with van der Waals surface area (Å²) < 4.78 is 0.530. The number of aromatic amines is 1. The second-order valence-corrected chi connectivity index (χ2v) is 13.3. The first-order valence-electron chi connectivity index (χ1n) is 16.8. The molecule has 41 heavy (non-hydrogen) atoms. The zero-order valence-electron chi connectivity index (χ0n) is 26.7. The van der Waals surface area contributed by atoms with Gasteiger partial charge < -0.3 is 19.7 Å². The number of carbonyl (C=O) groups is 2. The van der Waals surface area contributed by atoms with Crippen LogP contribution in [0.25, 0.3) is 10.9 Å². The van der Waals surface area contributed by atoms with Crippen molar-refractivity contribution in [2.24, 2.45) is 0 Å². The Morgan fingerprint density at radius 1 is 0.902 bits per heavy atom. The molecule has 1 fully saturated rings. The van der Waals surface area contributed by atoms with E-state index in [0.717, 1.165) is 30.3 Å². The highest BCUT2D eigenvalue weighted by molar-refractivity contribution is 5.91. The Kier molecular flexibility index (Phi) is 14.2. The average molecular weight is 568 g/mol. The van der Waals surface area contributed by atoms with Crippen LogP contribution < -0.4 is 5.32 Å². The fraction of sp³-hybridized carbons (Fsp3) is 0.714. The van der Waals surface area contributed by atoms with Crippen LogP contribution >= 0.6 is 0 Å². The lowest BCUT2D eigenvalue weighted by Gasteiger charge is -2.36. The first-order valence-corrected chi connectivity index (χ1v) is 16.8. The molecule has 1 aliphatic rings. The fourth-order valence-electron chi connectivity index (χ4n) is 6.34. The highest BCUT2D eigenvalue weighted by atomic mass is 16.2. The lowest BCUT2D eigenvalue weighted by atomic mass is 10.0. The third-order valence-electron chi connectivity index (χ3n) is 8.98. The van der Waals surface area contributed by atoms with E-state index in [-0.39, 0.29) is 23.9 Å². The van der Waals surface area contributed by atoms with Gasteiger partial charge in [-0.05, 0) is 30.9 Å². The number of likely N-dealkylation sites (N-methyl/N-ethyl adjacent to an activating group) is 1. The lowest BCUT2D eigenvalue weighted by Crippen LogP contribution is -2.58. The number of hydrogen-bond donors (Lipinski definition) is 2. The molecule has 0 aliphatic carbocycles. The van der Waals surface area contributed by atoms with Gasteiger partial charge in [0, 0.05) is 36.6 Å². The third kappa shape index (κ3) is 10.8. The monoisotopic (exact) mass is 567 g/mol. The van der Waals surface area contributed by atoms with Gasteiger partial charge in [0.2, 0.25) is 5.91 Å². The van der Waals surface area contributed by atoms with Crippen molar-refractivity contribution in [3.05, 3.63) is 36.0 Å². The summed E-state index contributed by atoms with van der Waals surface area (Å²) in [6, 6.07) is 7.67. The van der Waals surface area contributed by atoms with E-state index in [0.29, 0.717) is 24.0 Å². The van der Waals surface area contributed by atoms with Crippen molar-refractivity contribution < 1.29 is 14.1 Å². The van der Waals surface area contributed by atoms with E-state index >= 15 is 0 Å². The molecule has 0 spiro atoms. The summed E-state index contributed by atoms with van der Waals surface area (Å²) in [5.41, 5.74) is 2.25. The number of H-pyrrole nitrogens is 1. The Bertz CT molecular complexity index is 1040. The number of likely N-dealkylation sites (tertiary alicyclic amines) is 1. The van der Waals surface area contributed by atoms with Gasteiger partial charge in [-0.15, -0.1) is 0 Å². The normalized spacial score (nSPS) is 16.4. The summed E-state index contributed by atoms with van der Waals surface area (Å²) in [7, 11) is 6.24. The maximum atomic E-state index is 13.9. The lowest BCUT2D eigenvalue weighted by molar-refractivity contribution is -0.886. The van der Waals surface area contributed by atoms with E-state index < -0.39 is 0 Å². The molecule has 2 N–H and O–H groups in total. The van der Waals surface area contributed by atoms with Crippen molar-refractivity contribution >= 4 is 22.7 Å². The number of fused-ring (bicyclic) bond motifs is 1. The maximum absolute atomic E-state index is 13.9. The van der Waals surface area contributed by atoms with Crippen molar-refractivity contribution in [2.45, 2.75) is 128 Å². The molecule has 1 saturated heterocycles. The number of nitrogens with one attached hydrogen (secondary N) is 2. The SMILES string of the molecule is CCCCCCCCCCCCCCCCNC(=O)[C@@H]1CCCN1C(=O)C(Cc1c[nH]c2ccccc12)[N+](C)(C)C. The van der Waals surface area contributed by atoms with E-state index in [1.807, 2.05) is 23.2 Å². The number of hydrogen-bond acceptors (Lipinski definition) is 2. The quantitative estimate of drug-likeness (QED) is 0.130. The van der Waals surface area contributed by atoms with Crippen LogP contribution in [-0.2, 0) is 16.0 Å². The zero-order chi connectivity index (χ0) is 29.5. The molecule has 1 unspecified atom stereocenters. The molecule has 0 bridgehead atoms. The number of rotatable bonds is 20. The van der Waals surface area contributed by atoms with Gasteiger partial charge in [-0.2, -0.15) is 0 Å². The van der Waals surface area contributed by atoms with E-state index in [9.17, 15) is 9.59 Å². The minimum absolute atomic E-state index is 0.0257. The van der Waals surface area contributed by atoms with Crippen LogP contribution in [0.3, 0.4) is 0 Å². The molecule has 0 saturated carbocycles. The molecular formula is C35H59N4O2+. The number of quaternary nitrogens is 1. The minimum atomic E-state index is -0.342. The Labute approximate surface area is 250 Å². The van der Waals surface area contributed by atoms with E-state index in [2.05, 4.69) is 50.5 Å². The molecule has 2 amide bonds. The van der Waals surface area contributed by atoms with Gasteiger partial charge in [0.1, 0.15) is 6.04 Å². The van der Waals surface area contributed by atoms with Crippen molar-refractivity contribution in [3.8, 4) is 0 Å². The number of para-hydroxylation sites is 1. The van der Waals surface area contributed by atoms with Crippen LogP contribution in [0.15, 0.2) is 30.5 Å². The van der Waals surface area contributed by atoms with Crippen molar-refractivity contribution in [3.63, 3.8) is 0 Å². The summed E-state index contributed by atoms with van der Waals surface area (Å²) in [6.45, 7) is 3.66. The van der Waals surface area contributed by atoms with Gasteiger partial charge in [-0.1, -0.05) is 109 Å². The van der Waals surface area contributed by atoms with Crippen LogP contribution in [0.2, 0.25) is 0 Å². The topological polar surface area (TPSA) is 65.2 Å². The first kappa shape index (κ1) is 33.2. The van der Waals surface area contributed by atoms with Crippen molar-refractivity contribution in [1.29, 1.82) is 0 Å². The Morgan fingerprint density at radius 3 is 2.10 bits per heavy atom. The largest absolute Gasteiger partial charge is 0.361 e.